The van der Waals surface area contributed by atoms with Crippen molar-refractivity contribution in [2.45, 2.75) is 26.9 Å². The molecule has 0 radical (unpaired) electrons. The fourth-order valence-corrected chi connectivity index (χ4v) is 1.76. The molecule has 84 valence electrons. The number of thioether (sulfide) groups is 1. The molecule has 0 saturated carbocycles. The van der Waals surface area contributed by atoms with E-state index in [0.717, 1.165) is 12.3 Å². The summed E-state index contributed by atoms with van der Waals surface area (Å²) in [4.78, 5) is 11.1. The molecule has 0 bridgehead atoms. The van der Waals surface area contributed by atoms with Gasteiger partial charge in [-0.3, -0.25) is 4.79 Å². The largest absolute Gasteiger partial charge is 0.462 e. The van der Waals surface area contributed by atoms with Gasteiger partial charge < -0.3 is 10.1 Å². The highest BCUT2D eigenvalue weighted by Gasteiger charge is 2.06. The van der Waals surface area contributed by atoms with Gasteiger partial charge in [0.2, 0.25) is 0 Å². The number of rotatable bonds is 7. The molecular formula is C10H21NO2S. The third-order valence-corrected chi connectivity index (χ3v) is 2.48. The molecule has 0 rings (SSSR count). The molecule has 3 nitrogen and oxygen atoms in total. The van der Waals surface area contributed by atoms with Crippen LogP contribution in [0.25, 0.3) is 0 Å². The van der Waals surface area contributed by atoms with Crippen LogP contribution >= 0.6 is 11.8 Å². The zero-order chi connectivity index (χ0) is 11.0. The highest BCUT2D eigenvalue weighted by atomic mass is 32.2. The first-order chi connectivity index (χ1) is 6.56. The van der Waals surface area contributed by atoms with Crippen molar-refractivity contribution < 1.29 is 9.53 Å². The van der Waals surface area contributed by atoms with Crippen LogP contribution in [0.15, 0.2) is 0 Å². The van der Waals surface area contributed by atoms with Gasteiger partial charge >= 0.3 is 5.97 Å². The minimum atomic E-state index is -0.170. The highest BCUT2D eigenvalue weighted by molar-refractivity contribution is 7.98. The minimum Gasteiger partial charge on any atom is -0.462 e. The van der Waals surface area contributed by atoms with E-state index in [1.165, 1.54) is 0 Å². The van der Waals surface area contributed by atoms with Crippen LogP contribution in [0.2, 0.25) is 0 Å². The molecule has 0 saturated heterocycles. The first-order valence-corrected chi connectivity index (χ1v) is 6.34. The number of carbonyl (C=O) groups is 1. The summed E-state index contributed by atoms with van der Waals surface area (Å²) >= 11 is 1.82. The monoisotopic (exact) mass is 219 g/mol. The second-order valence-electron chi connectivity index (χ2n) is 3.73. The molecule has 0 heterocycles. The molecule has 1 unspecified atom stereocenters. The second-order valence-corrected chi connectivity index (χ2v) is 4.64. The van der Waals surface area contributed by atoms with E-state index < -0.39 is 0 Å². The van der Waals surface area contributed by atoms with E-state index in [1.807, 2.05) is 25.6 Å². The summed E-state index contributed by atoms with van der Waals surface area (Å²) in [6.45, 7) is 7.06. The average Bonchev–Trinajstić information content (AvgIpc) is 2.02. The van der Waals surface area contributed by atoms with Gasteiger partial charge in [0, 0.05) is 0 Å². The Morgan fingerprint density at radius 2 is 2.07 bits per heavy atom. The predicted molar refractivity (Wildman–Crippen MR) is 61.6 cm³/mol. The van der Waals surface area contributed by atoms with Crippen LogP contribution in [-0.2, 0) is 9.53 Å². The Kier molecular flexibility index (Phi) is 7.99. The van der Waals surface area contributed by atoms with Crippen molar-refractivity contribution in [3.05, 3.63) is 0 Å². The van der Waals surface area contributed by atoms with Crippen LogP contribution in [0.1, 0.15) is 20.8 Å². The molecule has 0 spiro atoms. The highest BCUT2D eigenvalue weighted by Crippen LogP contribution is 2.02. The Morgan fingerprint density at radius 3 is 2.57 bits per heavy atom. The lowest BCUT2D eigenvalue weighted by Crippen LogP contribution is -2.30. The van der Waals surface area contributed by atoms with Gasteiger partial charge in [-0.15, -0.1) is 0 Å². The lowest BCUT2D eigenvalue weighted by atomic mass is 10.2. The summed E-state index contributed by atoms with van der Waals surface area (Å²) in [6, 6.07) is 0. The van der Waals surface area contributed by atoms with Crippen molar-refractivity contribution in [3.8, 4) is 0 Å². The topological polar surface area (TPSA) is 38.3 Å². The zero-order valence-corrected chi connectivity index (χ0v) is 10.3. The lowest BCUT2D eigenvalue weighted by Gasteiger charge is -2.11. The van der Waals surface area contributed by atoms with Gasteiger partial charge in [0.1, 0.15) is 0 Å². The van der Waals surface area contributed by atoms with Crippen LogP contribution in [0.3, 0.4) is 0 Å². The number of hydrogen-bond donors (Lipinski definition) is 1. The van der Waals surface area contributed by atoms with Crippen LogP contribution in [-0.4, -0.2) is 37.2 Å². The first kappa shape index (κ1) is 13.8. The fourth-order valence-electron chi connectivity index (χ4n) is 1.07. The van der Waals surface area contributed by atoms with Crippen LogP contribution in [0, 0.1) is 5.92 Å². The van der Waals surface area contributed by atoms with Gasteiger partial charge in [0.25, 0.3) is 0 Å². The summed E-state index contributed by atoms with van der Waals surface area (Å²) in [6.07, 6.45) is 2.07. The van der Waals surface area contributed by atoms with E-state index in [4.69, 9.17) is 4.74 Å². The third-order valence-electron chi connectivity index (χ3n) is 1.58. The molecule has 1 atom stereocenters. The normalized spacial score (nSPS) is 12.9. The van der Waals surface area contributed by atoms with Gasteiger partial charge in [-0.05, 0) is 38.3 Å². The summed E-state index contributed by atoms with van der Waals surface area (Å²) in [5.74, 6) is 1.54. The standard InChI is InChI=1S/C10H21NO2S/c1-8(2)13-10(12)6-11-5-9(3)7-14-4/h8-9,11H,5-7H2,1-4H3. The Morgan fingerprint density at radius 1 is 1.43 bits per heavy atom. The summed E-state index contributed by atoms with van der Waals surface area (Å²) in [7, 11) is 0. The quantitative estimate of drug-likeness (QED) is 0.659. The third kappa shape index (κ3) is 8.38. The van der Waals surface area contributed by atoms with E-state index in [0.29, 0.717) is 12.5 Å². The van der Waals surface area contributed by atoms with Crippen molar-refractivity contribution >= 4 is 17.7 Å². The number of ether oxygens (including phenoxy) is 1. The minimum absolute atomic E-state index is 0.0204. The van der Waals surface area contributed by atoms with E-state index in [-0.39, 0.29) is 12.1 Å². The molecule has 0 aromatic heterocycles. The number of hydrogen-bond acceptors (Lipinski definition) is 4. The van der Waals surface area contributed by atoms with E-state index >= 15 is 0 Å². The van der Waals surface area contributed by atoms with Gasteiger partial charge in [-0.1, -0.05) is 6.92 Å². The van der Waals surface area contributed by atoms with Gasteiger partial charge in [-0.25, -0.2) is 0 Å². The predicted octanol–water partition coefficient (Wildman–Crippen LogP) is 1.53. The second kappa shape index (κ2) is 8.12. The molecule has 0 amide bonds. The van der Waals surface area contributed by atoms with Crippen LogP contribution in [0.5, 0.6) is 0 Å². The maximum Gasteiger partial charge on any atom is 0.320 e. The molecule has 4 heteroatoms. The van der Waals surface area contributed by atoms with E-state index in [2.05, 4.69) is 18.5 Å². The molecule has 0 fully saturated rings. The fraction of sp³-hybridized carbons (Fsp3) is 0.900. The molecule has 14 heavy (non-hydrogen) atoms. The van der Waals surface area contributed by atoms with Crippen molar-refractivity contribution in [1.82, 2.24) is 5.32 Å². The van der Waals surface area contributed by atoms with Crippen molar-refractivity contribution in [3.63, 3.8) is 0 Å². The van der Waals surface area contributed by atoms with Crippen LogP contribution < -0.4 is 5.32 Å². The van der Waals surface area contributed by atoms with Crippen molar-refractivity contribution in [2.75, 3.05) is 25.1 Å². The summed E-state index contributed by atoms with van der Waals surface area (Å²) in [5, 5.41) is 3.09. The van der Waals surface area contributed by atoms with Gasteiger partial charge in [0.05, 0.1) is 12.6 Å². The van der Waals surface area contributed by atoms with Gasteiger partial charge in [-0.2, -0.15) is 11.8 Å². The van der Waals surface area contributed by atoms with E-state index in [9.17, 15) is 4.79 Å². The van der Waals surface area contributed by atoms with E-state index in [1.54, 1.807) is 0 Å². The summed E-state index contributed by atoms with van der Waals surface area (Å²) < 4.78 is 4.99. The summed E-state index contributed by atoms with van der Waals surface area (Å²) in [5.41, 5.74) is 0. The molecular weight excluding hydrogens is 198 g/mol. The Hall–Kier alpha value is -0.220. The van der Waals surface area contributed by atoms with Crippen molar-refractivity contribution in [1.29, 1.82) is 0 Å². The SMILES string of the molecule is CSCC(C)CNCC(=O)OC(C)C. The number of esters is 1. The molecule has 1 N–H and O–H groups in total. The first-order valence-electron chi connectivity index (χ1n) is 4.95. The van der Waals surface area contributed by atoms with Gasteiger partial charge in [0.15, 0.2) is 0 Å². The maximum atomic E-state index is 11.1. The Bertz CT molecular complexity index is 162. The van der Waals surface area contributed by atoms with Crippen molar-refractivity contribution in [2.24, 2.45) is 5.92 Å². The Balaban J connectivity index is 3.39. The van der Waals surface area contributed by atoms with Crippen LogP contribution in [0.4, 0.5) is 0 Å². The zero-order valence-electron chi connectivity index (χ0n) is 9.50. The molecule has 0 aliphatic carbocycles. The number of carbonyl (C=O) groups excluding carboxylic acids is 1. The Labute approximate surface area is 91.0 Å². The number of nitrogens with one attached hydrogen (secondary N) is 1. The molecule has 0 aromatic rings. The molecule has 0 aliphatic rings. The maximum absolute atomic E-state index is 11.1. The lowest BCUT2D eigenvalue weighted by molar-refractivity contribution is -0.146. The molecule has 0 aliphatic heterocycles. The average molecular weight is 219 g/mol. The molecule has 0 aromatic carbocycles. The smallest absolute Gasteiger partial charge is 0.320 e.